The number of carbonyl (C=O) groups excluding carboxylic acids is 2. The monoisotopic (exact) mass is 469 g/mol. The summed E-state index contributed by atoms with van der Waals surface area (Å²) >= 11 is 0.675. The van der Waals surface area contributed by atoms with E-state index >= 15 is 0 Å². The highest BCUT2D eigenvalue weighted by Gasteiger charge is 2.34. The Balaban J connectivity index is 2.17. The number of methoxy groups -OCH3 is 1. The molecule has 3 aromatic rings. The minimum absolute atomic E-state index is 0.00375. The van der Waals surface area contributed by atoms with Crippen LogP contribution in [0.2, 0.25) is 0 Å². The first-order chi connectivity index (χ1) is 15.1. The summed E-state index contributed by atoms with van der Waals surface area (Å²) in [5.41, 5.74) is -1.33. The molecule has 32 heavy (non-hydrogen) atoms. The summed E-state index contributed by atoms with van der Waals surface area (Å²) in [5.74, 6) is -1.77. The van der Waals surface area contributed by atoms with Crippen LogP contribution >= 0.6 is 11.3 Å². The summed E-state index contributed by atoms with van der Waals surface area (Å²) in [4.78, 5) is 34.8. The number of urea groups is 1. The number of nitrogens with zero attached hydrogens (tertiary/aromatic N) is 3. The molecule has 0 fully saturated rings. The number of halogens is 4. The number of hydrogen-bond acceptors (Lipinski definition) is 7. The van der Waals surface area contributed by atoms with Crippen molar-refractivity contribution in [3.8, 4) is 21.7 Å². The third-order valence-corrected chi connectivity index (χ3v) is 4.93. The zero-order valence-electron chi connectivity index (χ0n) is 16.6. The van der Waals surface area contributed by atoms with Crippen molar-refractivity contribution in [3.05, 3.63) is 47.1 Å². The highest BCUT2D eigenvalue weighted by atomic mass is 32.1. The lowest BCUT2D eigenvalue weighted by Gasteiger charge is -2.12. The number of alkyl halides is 3. The van der Waals surface area contributed by atoms with E-state index in [1.807, 2.05) is 0 Å². The molecule has 0 aliphatic carbocycles. The molecule has 3 aromatic heterocycles. The highest BCUT2D eigenvalue weighted by Crippen LogP contribution is 2.39. The molecule has 0 aliphatic rings. The van der Waals surface area contributed by atoms with Crippen LogP contribution in [-0.2, 0) is 10.9 Å². The van der Waals surface area contributed by atoms with Crippen LogP contribution in [0.25, 0.3) is 21.7 Å². The lowest BCUT2D eigenvalue weighted by molar-refractivity contribution is -0.140. The maximum atomic E-state index is 14.6. The number of hydrogen-bond donors (Lipinski definition) is 2. The van der Waals surface area contributed by atoms with E-state index in [-0.39, 0.29) is 33.1 Å². The fourth-order valence-corrected chi connectivity index (χ4v) is 3.49. The first-order valence-electron chi connectivity index (χ1n) is 8.96. The van der Waals surface area contributed by atoms with Gasteiger partial charge < -0.3 is 10.1 Å². The third-order valence-electron chi connectivity index (χ3n) is 4.06. The molecule has 3 rings (SSSR count). The molecule has 2 N–H and O–H groups in total. The summed E-state index contributed by atoms with van der Waals surface area (Å²) in [6.07, 6.45) is -2.57. The van der Waals surface area contributed by atoms with Crippen LogP contribution in [0, 0.1) is 5.95 Å². The van der Waals surface area contributed by atoms with E-state index in [1.54, 1.807) is 6.92 Å². The van der Waals surface area contributed by atoms with Crippen molar-refractivity contribution >= 4 is 29.2 Å². The second kappa shape index (κ2) is 9.26. The van der Waals surface area contributed by atoms with Crippen molar-refractivity contribution in [1.29, 1.82) is 0 Å². The van der Waals surface area contributed by atoms with Crippen LogP contribution in [-0.4, -0.2) is 40.6 Å². The number of carbonyl (C=O) groups is 2. The van der Waals surface area contributed by atoms with E-state index in [4.69, 9.17) is 0 Å². The standard InChI is InChI=1S/C19H15F4N5O3S/c1-3-24-18(30)28-14-5-11(16-27-13(8-32-16)19(21,22)23)12(7-25-14)10-4-9(17(29)31-2)6-26-15(10)20/h4-8H,3H2,1-2H3,(H2,24,25,28,30). The number of anilines is 1. The van der Waals surface area contributed by atoms with E-state index in [1.165, 1.54) is 6.07 Å². The lowest BCUT2D eigenvalue weighted by atomic mass is 10.0. The van der Waals surface area contributed by atoms with Gasteiger partial charge in [-0.15, -0.1) is 11.3 Å². The number of esters is 1. The number of thiazole rings is 1. The largest absolute Gasteiger partial charge is 0.465 e. The summed E-state index contributed by atoms with van der Waals surface area (Å²) < 4.78 is 58.4. The van der Waals surface area contributed by atoms with Gasteiger partial charge in [0.15, 0.2) is 5.69 Å². The third kappa shape index (κ3) is 4.99. The number of aromatic nitrogens is 3. The van der Waals surface area contributed by atoms with Gasteiger partial charge in [0.05, 0.1) is 12.7 Å². The first-order valence-corrected chi connectivity index (χ1v) is 9.84. The van der Waals surface area contributed by atoms with Gasteiger partial charge in [-0.3, -0.25) is 5.32 Å². The smallest absolute Gasteiger partial charge is 0.434 e. The van der Waals surface area contributed by atoms with Gasteiger partial charge in [0, 0.05) is 41.0 Å². The maximum Gasteiger partial charge on any atom is 0.434 e. The average Bonchev–Trinajstić information content (AvgIpc) is 3.24. The maximum absolute atomic E-state index is 14.6. The lowest BCUT2D eigenvalue weighted by Crippen LogP contribution is -2.28. The van der Waals surface area contributed by atoms with Crippen LogP contribution in [0.1, 0.15) is 23.0 Å². The SMILES string of the molecule is CCNC(=O)Nc1cc(-c2nc(C(F)(F)F)cs2)c(-c2cc(C(=O)OC)cnc2F)cn1. The molecule has 168 valence electrons. The Morgan fingerprint density at radius 3 is 2.50 bits per heavy atom. The molecule has 0 bridgehead atoms. The van der Waals surface area contributed by atoms with E-state index in [0.29, 0.717) is 17.9 Å². The second-order valence-electron chi connectivity index (χ2n) is 6.19. The molecule has 0 aliphatic heterocycles. The molecule has 0 spiro atoms. The zero-order chi connectivity index (χ0) is 23.5. The topological polar surface area (TPSA) is 106 Å². The first kappa shape index (κ1) is 23.1. The fourth-order valence-electron chi connectivity index (χ4n) is 2.63. The molecule has 0 radical (unpaired) electrons. The zero-order valence-corrected chi connectivity index (χ0v) is 17.4. The molecular formula is C19H15F4N5O3S. The van der Waals surface area contributed by atoms with Crippen molar-refractivity contribution in [2.75, 3.05) is 19.0 Å². The second-order valence-corrected chi connectivity index (χ2v) is 7.05. The molecule has 3 heterocycles. The number of rotatable bonds is 5. The van der Waals surface area contributed by atoms with Gasteiger partial charge in [-0.25, -0.2) is 24.5 Å². The Morgan fingerprint density at radius 2 is 1.88 bits per heavy atom. The van der Waals surface area contributed by atoms with Gasteiger partial charge in [0.2, 0.25) is 5.95 Å². The fraction of sp³-hybridized carbons (Fsp3) is 0.211. The van der Waals surface area contributed by atoms with Gasteiger partial charge in [0.1, 0.15) is 10.8 Å². The molecule has 8 nitrogen and oxygen atoms in total. The van der Waals surface area contributed by atoms with Crippen molar-refractivity contribution in [2.45, 2.75) is 13.1 Å². The number of nitrogens with one attached hydrogen (secondary N) is 2. The van der Waals surface area contributed by atoms with Crippen molar-refractivity contribution in [1.82, 2.24) is 20.3 Å². The van der Waals surface area contributed by atoms with Crippen LogP contribution in [0.4, 0.5) is 28.2 Å². The van der Waals surface area contributed by atoms with E-state index < -0.39 is 29.8 Å². The summed E-state index contributed by atoms with van der Waals surface area (Å²) in [7, 11) is 1.13. The molecule has 13 heteroatoms. The average molecular weight is 469 g/mol. The van der Waals surface area contributed by atoms with Gasteiger partial charge >= 0.3 is 18.2 Å². The Hall–Kier alpha value is -3.61. The minimum atomic E-state index is -4.68. The van der Waals surface area contributed by atoms with Gasteiger partial charge in [0.25, 0.3) is 0 Å². The Labute approximate surface area is 182 Å². The molecule has 0 atom stereocenters. The van der Waals surface area contributed by atoms with Gasteiger partial charge in [-0.05, 0) is 19.1 Å². The van der Waals surface area contributed by atoms with Crippen LogP contribution in [0.15, 0.2) is 29.9 Å². The van der Waals surface area contributed by atoms with E-state index in [0.717, 1.165) is 30.9 Å². The number of amides is 2. The summed E-state index contributed by atoms with van der Waals surface area (Å²) in [6.45, 7) is 2.02. The van der Waals surface area contributed by atoms with Crippen molar-refractivity contribution < 1.29 is 31.9 Å². The minimum Gasteiger partial charge on any atom is -0.465 e. The van der Waals surface area contributed by atoms with Crippen LogP contribution in [0.3, 0.4) is 0 Å². The Morgan fingerprint density at radius 1 is 1.12 bits per heavy atom. The van der Waals surface area contributed by atoms with E-state index in [2.05, 4.69) is 30.3 Å². The molecule has 2 amide bonds. The van der Waals surface area contributed by atoms with Gasteiger partial charge in [-0.2, -0.15) is 17.6 Å². The number of ether oxygens (including phenoxy) is 1. The Kier molecular flexibility index (Phi) is 6.67. The van der Waals surface area contributed by atoms with E-state index in [9.17, 15) is 27.2 Å². The van der Waals surface area contributed by atoms with Crippen molar-refractivity contribution in [3.63, 3.8) is 0 Å². The number of pyridine rings is 2. The quantitative estimate of drug-likeness (QED) is 0.327. The van der Waals surface area contributed by atoms with Gasteiger partial charge in [-0.1, -0.05) is 0 Å². The van der Waals surface area contributed by atoms with Crippen molar-refractivity contribution in [2.24, 2.45) is 0 Å². The molecule has 0 saturated heterocycles. The molecule has 0 saturated carbocycles. The predicted molar refractivity (Wildman–Crippen MR) is 108 cm³/mol. The predicted octanol–water partition coefficient (Wildman–Crippen LogP) is 4.35. The van der Waals surface area contributed by atoms with Crippen LogP contribution in [0.5, 0.6) is 0 Å². The Bertz CT molecular complexity index is 1170. The molecule has 0 aromatic carbocycles. The summed E-state index contributed by atoms with van der Waals surface area (Å²) in [5, 5.41) is 5.63. The van der Waals surface area contributed by atoms with Crippen LogP contribution < -0.4 is 10.6 Å². The molecular weight excluding hydrogens is 454 g/mol. The summed E-state index contributed by atoms with van der Waals surface area (Å²) in [6, 6.07) is 1.81. The highest BCUT2D eigenvalue weighted by molar-refractivity contribution is 7.13. The molecule has 0 unspecified atom stereocenters. The normalized spacial score (nSPS) is 11.2.